The fraction of sp³-hybridized carbons (Fsp3) is 0.861. The number of hydrogen-bond donors (Lipinski definition) is 20. The van der Waals surface area contributed by atoms with E-state index in [1.54, 1.807) is 14.1 Å². The average molecular weight is 1680 g/mol. The maximum Gasteiger partial charge on any atom is 0.328 e. The third kappa shape index (κ3) is 70.0. The van der Waals surface area contributed by atoms with E-state index in [1.807, 2.05) is 28.2 Å². The molecule has 680 valence electrons. The van der Waals surface area contributed by atoms with Gasteiger partial charge >= 0.3 is 29.8 Å². The van der Waals surface area contributed by atoms with Crippen LogP contribution in [0, 0.1) is 0 Å². The first-order chi connectivity index (χ1) is 56.7. The number of nitrogens with two attached hydrogens (primary N) is 6. The van der Waals surface area contributed by atoms with Crippen molar-refractivity contribution in [3.8, 4) is 0 Å². The number of esters is 4. The zero-order valence-corrected chi connectivity index (χ0v) is 73.9. The molecule has 8 radical (unpaired) electrons. The number of carbonyl (C=O) groups excluding carboxylic acids is 10. The van der Waals surface area contributed by atoms with E-state index in [0.717, 1.165) is 161 Å². The van der Waals surface area contributed by atoms with Crippen LogP contribution in [0.1, 0.15) is 250 Å². The van der Waals surface area contributed by atoms with Crippen LogP contribution in [0.15, 0.2) is 0 Å². The summed E-state index contributed by atoms with van der Waals surface area (Å²) in [5, 5.41) is 45.3. The van der Waals surface area contributed by atoms with Gasteiger partial charge in [0.05, 0.1) is 64.7 Å². The Morgan fingerprint density at radius 1 is 0.288 bits per heavy atom. The topological polar surface area (TPSA) is 557 Å². The molecule has 0 bridgehead atoms. The van der Waals surface area contributed by atoms with Gasteiger partial charge in [0.25, 0.3) is 0 Å². The standard InChI is InChI=1S/C24H49N5O4.C20H37B4N5O4.C20H41N5O4.C8H18N2O2.C7H16N2O2/c1-25-17-11-9-13-19(27-3)22(30)16-8-6-7-15-21(24(32)33-5)29-23(31)20(28-4)14-10-12-18-26-2;1-33-20(32)17(27-19(31)16(29-24)10-6-8-14-26-22)11-3-2-4-12-18(30)15(28-23)9-5-7-13-25-21;1-29-20(28)17(25-19(27)16(24)10-6-8-14-22)11-3-2-4-12-18(26)15(23)9-5-7-13-21;1-9-6-4-3-5-7(10-2)8(11)12;1-11-7(10)6(9)4-2-3-5-8/h19-21,25-28H,6-18H2,1-5H3,(H,29,31);15-17,25-26,28-29H,2-14H2,1H3,(H,27,31);15-17H,2-14,21-24H2,1H3,(H,25,27);7,9-10H,3-6H2,1-2H3,(H,11,12);6H,2-5,8-9H2,1H3. The van der Waals surface area contributed by atoms with E-state index in [1.165, 1.54) is 28.4 Å². The van der Waals surface area contributed by atoms with Crippen molar-refractivity contribution >= 4 is 96.8 Å². The van der Waals surface area contributed by atoms with Gasteiger partial charge in [0, 0.05) is 19.3 Å². The minimum absolute atomic E-state index is 0.0586. The summed E-state index contributed by atoms with van der Waals surface area (Å²) in [6, 6.07) is -5.54. The summed E-state index contributed by atoms with van der Waals surface area (Å²) in [6.07, 6.45) is 28.8. The van der Waals surface area contributed by atoms with Crippen LogP contribution < -0.4 is 103 Å². The summed E-state index contributed by atoms with van der Waals surface area (Å²) in [6.45, 7) is 5.98. The van der Waals surface area contributed by atoms with Gasteiger partial charge in [0.15, 0.2) is 31.9 Å². The summed E-state index contributed by atoms with van der Waals surface area (Å²) in [7, 11) is 37.7. The molecule has 0 heterocycles. The van der Waals surface area contributed by atoms with Gasteiger partial charge < -0.3 is 127 Å². The summed E-state index contributed by atoms with van der Waals surface area (Å²) in [4.78, 5) is 132. The van der Waals surface area contributed by atoms with Gasteiger partial charge in [-0.15, -0.1) is 0 Å². The van der Waals surface area contributed by atoms with Crippen molar-refractivity contribution in [2.24, 2.45) is 34.4 Å². The van der Waals surface area contributed by atoms with Gasteiger partial charge in [-0.05, 0) is 236 Å². The van der Waals surface area contributed by atoms with Crippen molar-refractivity contribution in [1.82, 2.24) is 68.8 Å². The first-order valence-corrected chi connectivity index (χ1v) is 42.9. The van der Waals surface area contributed by atoms with Crippen LogP contribution in [-0.2, 0) is 71.7 Å². The molecule has 11 atom stereocenters. The minimum Gasteiger partial charge on any atom is -0.480 e. The van der Waals surface area contributed by atoms with Crippen molar-refractivity contribution < 1.29 is 76.8 Å². The Labute approximate surface area is 713 Å². The third-order valence-corrected chi connectivity index (χ3v) is 19.6. The van der Waals surface area contributed by atoms with Crippen LogP contribution in [0.2, 0.25) is 0 Å². The van der Waals surface area contributed by atoms with Crippen LogP contribution in [-0.4, -0.2) is 291 Å². The Morgan fingerprint density at radius 2 is 0.568 bits per heavy atom. The van der Waals surface area contributed by atoms with Gasteiger partial charge in [0.2, 0.25) is 17.7 Å². The number of likely N-dealkylation sites (N-methyl/N-ethyl adjacent to an activating group) is 3. The second kappa shape index (κ2) is 87.7. The first-order valence-electron chi connectivity index (χ1n) is 42.9. The number of carboxylic acids is 1. The number of methoxy groups -OCH3 is 4. The third-order valence-electron chi connectivity index (χ3n) is 19.6. The van der Waals surface area contributed by atoms with Gasteiger partial charge in [0.1, 0.15) is 47.6 Å². The van der Waals surface area contributed by atoms with E-state index in [-0.39, 0.29) is 65.2 Å². The van der Waals surface area contributed by atoms with Gasteiger partial charge in [-0.25, -0.2) is 14.4 Å². The van der Waals surface area contributed by atoms with Crippen molar-refractivity contribution in [2.45, 2.75) is 317 Å². The number of ketones is 3. The second-order valence-electron chi connectivity index (χ2n) is 29.1. The molecule has 0 fully saturated rings. The molecule has 0 spiro atoms. The number of Topliss-reactive ketones (excluding diaryl/α,β-unsaturated/α-hetero) is 3. The molecule has 0 aromatic rings. The van der Waals surface area contributed by atoms with E-state index in [2.05, 4.69) is 73.5 Å². The van der Waals surface area contributed by atoms with Crippen LogP contribution in [0.25, 0.3) is 0 Å². The molecule has 0 aliphatic heterocycles. The Balaban J connectivity index is -0.000000476. The highest BCUT2D eigenvalue weighted by molar-refractivity contribution is 6.07. The lowest BCUT2D eigenvalue weighted by atomic mass is 9.98. The van der Waals surface area contributed by atoms with Crippen molar-refractivity contribution in [2.75, 3.05) is 123 Å². The number of carbonyl (C=O) groups is 11. The summed E-state index contributed by atoms with van der Waals surface area (Å²) < 4.78 is 18.9. The quantitative estimate of drug-likeness (QED) is 0.0162. The highest BCUT2D eigenvalue weighted by Gasteiger charge is 2.29. The smallest absolute Gasteiger partial charge is 0.328 e. The minimum atomic E-state index is -0.769. The zero-order valence-electron chi connectivity index (χ0n) is 73.9. The molecule has 26 N–H and O–H groups in total. The number of amides is 3. The molecule has 0 saturated carbocycles. The lowest BCUT2D eigenvalue weighted by molar-refractivity contribution is -0.145. The monoisotopic (exact) mass is 1680 g/mol. The maximum absolute atomic E-state index is 12.6. The highest BCUT2D eigenvalue weighted by atomic mass is 16.5. The molecule has 0 aliphatic rings. The molecule has 11 unspecified atom stereocenters. The number of hydrogen-bond acceptors (Lipinski definition) is 31. The first kappa shape index (κ1) is 121. The Bertz CT molecular complexity index is 2420. The Hall–Kier alpha value is -5.61. The largest absolute Gasteiger partial charge is 0.480 e. The molecule has 0 rings (SSSR count). The molecular weight excluding hydrogens is 1510 g/mol. The fourth-order valence-corrected chi connectivity index (χ4v) is 12.1. The van der Waals surface area contributed by atoms with E-state index in [4.69, 9.17) is 85.6 Å². The van der Waals surface area contributed by atoms with E-state index < -0.39 is 66.2 Å². The SMILES string of the molecule is CNCCCCC(NC)C(=O)CCCCCC(NC(=O)C(CCCCNC)NC)C(=O)OC.CNCCCCC(NC)C(=O)O.COC(=O)C(CCCCCC(=O)C(N)CCCCN)NC(=O)C(N)CCCCN.COC(=O)C(N)CCCCN.[B]NCCCCC(N[B])C(=O)CCCCCC(NC(=O)C(CCCCN[B])N[B])C(=O)OC. The van der Waals surface area contributed by atoms with Crippen LogP contribution in [0.3, 0.4) is 0 Å². The van der Waals surface area contributed by atoms with Crippen molar-refractivity contribution in [1.29, 1.82) is 0 Å². The van der Waals surface area contributed by atoms with Crippen molar-refractivity contribution in [3.05, 3.63) is 0 Å². The molecule has 0 aromatic carbocycles. The summed E-state index contributed by atoms with van der Waals surface area (Å²) >= 11 is 0. The predicted molar refractivity (Wildman–Crippen MR) is 471 cm³/mol. The second-order valence-corrected chi connectivity index (χ2v) is 29.1. The molecule has 3 amide bonds. The number of aliphatic carboxylic acids is 1. The zero-order chi connectivity index (χ0) is 90.0. The summed E-state index contributed by atoms with van der Waals surface area (Å²) in [5.41, 5.74) is 33.3. The lowest BCUT2D eigenvalue weighted by Crippen LogP contribution is -2.50. The van der Waals surface area contributed by atoms with Gasteiger partial charge in [-0.2, -0.15) is 0 Å². The van der Waals surface area contributed by atoms with E-state index >= 15 is 0 Å². The maximum atomic E-state index is 12.6. The fourth-order valence-electron chi connectivity index (χ4n) is 12.1. The molecule has 0 aromatic heterocycles. The number of unbranched alkanes of at least 4 members (excludes halogenated alkanes) is 14. The van der Waals surface area contributed by atoms with E-state index in [9.17, 15) is 52.7 Å². The number of ether oxygens (including phenoxy) is 4. The normalized spacial score (nSPS) is 13.7. The van der Waals surface area contributed by atoms with Crippen LogP contribution in [0.5, 0.6) is 0 Å². The predicted octanol–water partition coefficient (Wildman–Crippen LogP) is -0.206. The number of rotatable bonds is 74. The molecule has 35 nitrogen and oxygen atoms in total. The Kier molecular flexibility index (Phi) is 89.9. The van der Waals surface area contributed by atoms with Crippen molar-refractivity contribution in [3.63, 3.8) is 0 Å². The average Bonchev–Trinajstić information content (AvgIpc) is 0.836. The molecule has 0 saturated heterocycles. The number of nitrogens with one attached hydrogen (secondary N) is 13. The number of carboxylic acid groups (broad SMARTS) is 1. The molecule has 0 aliphatic carbocycles. The van der Waals surface area contributed by atoms with E-state index in [0.29, 0.717) is 142 Å². The van der Waals surface area contributed by atoms with Gasteiger partial charge in [-0.3, -0.25) is 38.4 Å². The van der Waals surface area contributed by atoms with Crippen LogP contribution >= 0.6 is 0 Å². The van der Waals surface area contributed by atoms with Crippen LogP contribution in [0.4, 0.5) is 0 Å². The summed E-state index contributed by atoms with van der Waals surface area (Å²) in [5.74, 6) is -3.07. The molecular formula is C79H161B4N19O16. The molecule has 39 heteroatoms. The Morgan fingerprint density at radius 3 is 0.907 bits per heavy atom. The lowest BCUT2D eigenvalue weighted by Gasteiger charge is -2.21. The molecule has 118 heavy (non-hydrogen) atoms. The van der Waals surface area contributed by atoms with Gasteiger partial charge in [-0.1, -0.05) is 89.9 Å². The highest BCUT2D eigenvalue weighted by Crippen LogP contribution is 2.16.